The first-order chi connectivity index (χ1) is 8.21. The summed E-state index contributed by atoms with van der Waals surface area (Å²) >= 11 is 0. The molecule has 0 bridgehead atoms. The zero-order valence-electron chi connectivity index (χ0n) is 11.3. The van der Waals surface area contributed by atoms with Gasteiger partial charge in [-0.2, -0.15) is 0 Å². The molecule has 0 heterocycles. The second-order valence-corrected chi connectivity index (χ2v) is 4.58. The van der Waals surface area contributed by atoms with Crippen LogP contribution >= 0.6 is 0 Å². The van der Waals surface area contributed by atoms with Crippen LogP contribution < -0.4 is 5.32 Å². The van der Waals surface area contributed by atoms with Crippen molar-refractivity contribution in [2.45, 2.75) is 52.1 Å². The molecule has 0 aliphatic carbocycles. The molecule has 2 nitrogen and oxygen atoms in total. The topological polar surface area (TPSA) is 32.3 Å². The maximum Gasteiger partial charge on any atom is 0.0543 e. The SMILES string of the molecule is CCCC(O)CCc1cc(CC)ccc1NC. The molecule has 0 saturated heterocycles. The van der Waals surface area contributed by atoms with E-state index in [-0.39, 0.29) is 6.10 Å². The Morgan fingerprint density at radius 3 is 2.59 bits per heavy atom. The molecule has 1 unspecified atom stereocenters. The highest BCUT2D eigenvalue weighted by molar-refractivity contribution is 5.52. The normalized spacial score (nSPS) is 12.5. The Labute approximate surface area is 105 Å². The van der Waals surface area contributed by atoms with E-state index in [9.17, 15) is 5.11 Å². The number of nitrogens with one attached hydrogen (secondary N) is 1. The molecule has 1 atom stereocenters. The van der Waals surface area contributed by atoms with Crippen LogP contribution in [0.5, 0.6) is 0 Å². The summed E-state index contributed by atoms with van der Waals surface area (Å²) in [6.07, 6.45) is 4.67. The number of benzene rings is 1. The second kappa shape index (κ2) is 7.33. The van der Waals surface area contributed by atoms with Crippen LogP contribution in [0.15, 0.2) is 18.2 Å². The van der Waals surface area contributed by atoms with Crippen molar-refractivity contribution in [1.29, 1.82) is 0 Å². The van der Waals surface area contributed by atoms with Gasteiger partial charge in [-0.25, -0.2) is 0 Å². The van der Waals surface area contributed by atoms with Crippen LogP contribution in [0.1, 0.15) is 44.2 Å². The average molecular weight is 235 g/mol. The van der Waals surface area contributed by atoms with Gasteiger partial charge in [0.1, 0.15) is 0 Å². The van der Waals surface area contributed by atoms with E-state index >= 15 is 0 Å². The first-order valence-electron chi connectivity index (χ1n) is 6.68. The van der Waals surface area contributed by atoms with Gasteiger partial charge < -0.3 is 10.4 Å². The van der Waals surface area contributed by atoms with Crippen molar-refractivity contribution in [2.75, 3.05) is 12.4 Å². The molecule has 0 aliphatic rings. The lowest BCUT2D eigenvalue weighted by Gasteiger charge is -2.13. The Balaban J connectivity index is 2.67. The summed E-state index contributed by atoms with van der Waals surface area (Å²) in [4.78, 5) is 0. The molecule has 96 valence electrons. The minimum atomic E-state index is -0.157. The number of aliphatic hydroxyl groups is 1. The quantitative estimate of drug-likeness (QED) is 0.759. The summed E-state index contributed by atoms with van der Waals surface area (Å²) in [6.45, 7) is 4.28. The minimum absolute atomic E-state index is 0.157. The predicted molar refractivity (Wildman–Crippen MR) is 74.6 cm³/mol. The first kappa shape index (κ1) is 14.0. The number of anilines is 1. The Bertz CT molecular complexity index is 336. The fourth-order valence-corrected chi connectivity index (χ4v) is 2.12. The van der Waals surface area contributed by atoms with Crippen LogP contribution in [0.3, 0.4) is 0 Å². The molecule has 2 heteroatoms. The third-order valence-corrected chi connectivity index (χ3v) is 3.22. The summed E-state index contributed by atoms with van der Waals surface area (Å²) < 4.78 is 0. The second-order valence-electron chi connectivity index (χ2n) is 4.58. The maximum absolute atomic E-state index is 9.78. The first-order valence-corrected chi connectivity index (χ1v) is 6.68. The predicted octanol–water partition coefficient (Wildman–Crippen LogP) is 3.38. The molecule has 0 fully saturated rings. The van der Waals surface area contributed by atoms with Gasteiger partial charge in [-0.1, -0.05) is 32.4 Å². The molecular formula is C15H25NO. The number of hydrogen-bond donors (Lipinski definition) is 2. The summed E-state index contributed by atoms with van der Waals surface area (Å²) in [5, 5.41) is 13.0. The lowest BCUT2D eigenvalue weighted by molar-refractivity contribution is 0.154. The third-order valence-electron chi connectivity index (χ3n) is 3.22. The van der Waals surface area contributed by atoms with Crippen LogP contribution in [0.4, 0.5) is 5.69 Å². The van der Waals surface area contributed by atoms with Gasteiger partial charge in [0.05, 0.1) is 6.10 Å². The van der Waals surface area contributed by atoms with Crippen molar-refractivity contribution in [2.24, 2.45) is 0 Å². The summed E-state index contributed by atoms with van der Waals surface area (Å²) in [6, 6.07) is 6.56. The fraction of sp³-hybridized carbons (Fsp3) is 0.600. The lowest BCUT2D eigenvalue weighted by Crippen LogP contribution is -2.08. The van der Waals surface area contributed by atoms with Crippen LogP contribution in [-0.2, 0) is 12.8 Å². The minimum Gasteiger partial charge on any atom is -0.393 e. The molecule has 0 saturated carbocycles. The van der Waals surface area contributed by atoms with Crippen LogP contribution in [0.2, 0.25) is 0 Å². The van der Waals surface area contributed by atoms with Gasteiger partial charge in [0, 0.05) is 12.7 Å². The van der Waals surface area contributed by atoms with Crippen molar-refractivity contribution in [1.82, 2.24) is 0 Å². The molecule has 0 amide bonds. The third kappa shape index (κ3) is 4.39. The highest BCUT2D eigenvalue weighted by Crippen LogP contribution is 2.20. The highest BCUT2D eigenvalue weighted by atomic mass is 16.3. The average Bonchev–Trinajstić information content (AvgIpc) is 2.36. The van der Waals surface area contributed by atoms with E-state index in [0.29, 0.717) is 0 Å². The Morgan fingerprint density at radius 2 is 2.00 bits per heavy atom. The highest BCUT2D eigenvalue weighted by Gasteiger charge is 2.06. The molecule has 0 aromatic heterocycles. The molecule has 0 radical (unpaired) electrons. The maximum atomic E-state index is 9.78. The van der Waals surface area contributed by atoms with Crippen molar-refractivity contribution < 1.29 is 5.11 Å². The molecule has 17 heavy (non-hydrogen) atoms. The Kier molecular flexibility index (Phi) is 6.06. The number of aliphatic hydroxyl groups excluding tert-OH is 1. The van der Waals surface area contributed by atoms with Gasteiger partial charge in [-0.3, -0.25) is 0 Å². The largest absolute Gasteiger partial charge is 0.393 e. The zero-order chi connectivity index (χ0) is 12.7. The number of hydrogen-bond acceptors (Lipinski definition) is 2. The number of aryl methyl sites for hydroxylation is 2. The Morgan fingerprint density at radius 1 is 1.24 bits per heavy atom. The summed E-state index contributed by atoms with van der Waals surface area (Å²) in [7, 11) is 1.95. The lowest BCUT2D eigenvalue weighted by atomic mass is 10.00. The van der Waals surface area contributed by atoms with Crippen molar-refractivity contribution in [3.05, 3.63) is 29.3 Å². The van der Waals surface area contributed by atoms with Crippen LogP contribution in [0.25, 0.3) is 0 Å². The van der Waals surface area contributed by atoms with Gasteiger partial charge >= 0.3 is 0 Å². The molecule has 1 aromatic rings. The fourth-order valence-electron chi connectivity index (χ4n) is 2.12. The standard InChI is InChI=1S/C15H25NO/c1-4-6-14(17)9-8-13-11-12(5-2)7-10-15(13)16-3/h7,10-11,14,16-17H,4-6,8-9H2,1-3H3. The van der Waals surface area contributed by atoms with E-state index in [4.69, 9.17) is 0 Å². The van der Waals surface area contributed by atoms with E-state index in [1.165, 1.54) is 16.8 Å². The van der Waals surface area contributed by atoms with Crippen LogP contribution in [0, 0.1) is 0 Å². The molecule has 1 aromatic carbocycles. The van der Waals surface area contributed by atoms with E-state index in [1.807, 2.05) is 7.05 Å². The monoisotopic (exact) mass is 235 g/mol. The van der Waals surface area contributed by atoms with Crippen molar-refractivity contribution in [3.63, 3.8) is 0 Å². The van der Waals surface area contributed by atoms with Gasteiger partial charge in [0.15, 0.2) is 0 Å². The Hall–Kier alpha value is -1.02. The molecule has 0 aliphatic heterocycles. The van der Waals surface area contributed by atoms with Crippen molar-refractivity contribution in [3.8, 4) is 0 Å². The van der Waals surface area contributed by atoms with Gasteiger partial charge in [-0.05, 0) is 42.9 Å². The molecule has 0 spiro atoms. The van der Waals surface area contributed by atoms with Crippen molar-refractivity contribution >= 4 is 5.69 Å². The molecular weight excluding hydrogens is 210 g/mol. The van der Waals surface area contributed by atoms with E-state index in [2.05, 4.69) is 37.4 Å². The van der Waals surface area contributed by atoms with Gasteiger partial charge in [0.25, 0.3) is 0 Å². The smallest absolute Gasteiger partial charge is 0.0543 e. The summed E-state index contributed by atoms with van der Waals surface area (Å²) in [5.74, 6) is 0. The van der Waals surface area contributed by atoms with E-state index in [0.717, 1.165) is 32.1 Å². The zero-order valence-corrected chi connectivity index (χ0v) is 11.3. The van der Waals surface area contributed by atoms with Crippen LogP contribution in [-0.4, -0.2) is 18.3 Å². The molecule has 2 N–H and O–H groups in total. The summed E-state index contributed by atoms with van der Waals surface area (Å²) in [5.41, 5.74) is 3.87. The molecule has 1 rings (SSSR count). The van der Waals surface area contributed by atoms with E-state index in [1.54, 1.807) is 0 Å². The van der Waals surface area contributed by atoms with Gasteiger partial charge in [0.2, 0.25) is 0 Å². The van der Waals surface area contributed by atoms with E-state index < -0.39 is 0 Å². The number of rotatable bonds is 7. The van der Waals surface area contributed by atoms with Gasteiger partial charge in [-0.15, -0.1) is 0 Å².